The lowest BCUT2D eigenvalue weighted by Crippen LogP contribution is -2.11. The van der Waals surface area contributed by atoms with E-state index < -0.39 is 11.6 Å². The van der Waals surface area contributed by atoms with Gasteiger partial charge in [-0.25, -0.2) is 19.6 Å². The van der Waals surface area contributed by atoms with E-state index >= 15 is 0 Å². The van der Waals surface area contributed by atoms with Gasteiger partial charge in [0.15, 0.2) is 5.82 Å². The molecule has 1 aromatic heterocycles. The Bertz CT molecular complexity index is 620. The van der Waals surface area contributed by atoms with Crippen molar-refractivity contribution in [1.29, 1.82) is 0 Å². The summed E-state index contributed by atoms with van der Waals surface area (Å²) in [6, 6.07) is 2.17. The molecule has 1 aromatic carbocycles. The zero-order valence-corrected chi connectivity index (χ0v) is 11.4. The molecule has 2 rings (SSSR count). The Hall–Kier alpha value is -1.80. The van der Waals surface area contributed by atoms with Crippen LogP contribution in [0.3, 0.4) is 0 Å². The molecule has 4 N–H and O–H groups in total. The average molecular weight is 330 g/mol. The molecule has 0 fully saturated rings. The number of nitrogen functional groups attached to an aromatic ring is 1. The lowest BCUT2D eigenvalue weighted by molar-refractivity contribution is 0.595. The van der Waals surface area contributed by atoms with Crippen LogP contribution < -0.4 is 16.6 Å². The van der Waals surface area contributed by atoms with Crippen molar-refractivity contribution in [2.24, 2.45) is 5.84 Å². The van der Waals surface area contributed by atoms with Gasteiger partial charge >= 0.3 is 0 Å². The maximum absolute atomic E-state index is 13.7. The van der Waals surface area contributed by atoms with Gasteiger partial charge in [-0.1, -0.05) is 0 Å². The summed E-state index contributed by atoms with van der Waals surface area (Å²) in [5, 5.41) is 2.67. The summed E-state index contributed by atoms with van der Waals surface area (Å²) in [5.41, 5.74) is 2.47. The van der Waals surface area contributed by atoms with Crippen molar-refractivity contribution >= 4 is 33.4 Å². The van der Waals surface area contributed by atoms with Crippen molar-refractivity contribution in [2.45, 2.75) is 6.92 Å². The topological polar surface area (TPSA) is 75.9 Å². The number of halogens is 3. The summed E-state index contributed by atoms with van der Waals surface area (Å²) in [7, 11) is 0. The molecule has 0 aliphatic heterocycles. The molecule has 0 saturated heterocycles. The second-order valence-corrected chi connectivity index (χ2v) is 4.60. The van der Waals surface area contributed by atoms with E-state index in [0.29, 0.717) is 4.47 Å². The number of hydrogen-bond donors (Lipinski definition) is 3. The third kappa shape index (κ3) is 2.96. The van der Waals surface area contributed by atoms with Crippen molar-refractivity contribution in [3.05, 3.63) is 40.0 Å². The summed E-state index contributed by atoms with van der Waals surface area (Å²) in [6.07, 6.45) is 1.44. The second-order valence-electron chi connectivity index (χ2n) is 3.74. The normalized spacial score (nSPS) is 10.4. The zero-order valence-electron chi connectivity index (χ0n) is 9.84. The van der Waals surface area contributed by atoms with Crippen molar-refractivity contribution in [2.75, 3.05) is 10.7 Å². The third-order valence-electron chi connectivity index (χ3n) is 2.37. The number of nitrogens with zero attached hydrogens (tertiary/aromatic N) is 2. The lowest BCUT2D eigenvalue weighted by Gasteiger charge is -2.10. The summed E-state index contributed by atoms with van der Waals surface area (Å²) in [4.78, 5) is 7.84. The molecular formula is C11H10BrF2N5. The molecule has 100 valence electrons. The number of rotatable bonds is 3. The number of hydrogen-bond acceptors (Lipinski definition) is 5. The average Bonchev–Trinajstić information content (AvgIpc) is 2.38. The first-order valence-corrected chi connectivity index (χ1v) is 6.02. The SMILES string of the molecule is Cc1cc(F)c(Nc2nc(NN)ncc2Br)cc1F. The number of hydrazine groups is 1. The highest BCUT2D eigenvalue weighted by molar-refractivity contribution is 9.10. The van der Waals surface area contributed by atoms with Gasteiger partial charge in [-0.3, -0.25) is 5.43 Å². The van der Waals surface area contributed by atoms with Crippen LogP contribution in [-0.4, -0.2) is 9.97 Å². The first-order chi connectivity index (χ1) is 9.01. The van der Waals surface area contributed by atoms with E-state index in [4.69, 9.17) is 5.84 Å². The fourth-order valence-corrected chi connectivity index (χ4v) is 1.68. The van der Waals surface area contributed by atoms with Gasteiger partial charge in [-0.05, 0) is 34.5 Å². The zero-order chi connectivity index (χ0) is 14.0. The van der Waals surface area contributed by atoms with E-state index in [2.05, 4.69) is 36.6 Å². The van der Waals surface area contributed by atoms with Crippen LogP contribution in [0.4, 0.5) is 26.2 Å². The summed E-state index contributed by atoms with van der Waals surface area (Å²) in [5.74, 6) is 4.52. The number of nitrogens with two attached hydrogens (primary N) is 1. The Labute approximate surface area is 116 Å². The minimum atomic E-state index is -0.577. The molecule has 0 saturated carbocycles. The predicted molar refractivity (Wildman–Crippen MR) is 71.9 cm³/mol. The minimum absolute atomic E-state index is 0.0227. The van der Waals surface area contributed by atoms with Gasteiger partial charge in [0, 0.05) is 12.3 Å². The van der Waals surface area contributed by atoms with Crippen molar-refractivity contribution < 1.29 is 8.78 Å². The number of aryl methyl sites for hydroxylation is 1. The second kappa shape index (κ2) is 5.45. The molecule has 2 aromatic rings. The van der Waals surface area contributed by atoms with E-state index in [9.17, 15) is 8.78 Å². The van der Waals surface area contributed by atoms with Gasteiger partial charge in [0.05, 0.1) is 10.2 Å². The van der Waals surface area contributed by atoms with Crippen molar-refractivity contribution in [3.63, 3.8) is 0 Å². The van der Waals surface area contributed by atoms with Gasteiger partial charge in [0.1, 0.15) is 11.6 Å². The van der Waals surface area contributed by atoms with Crippen LogP contribution in [0.5, 0.6) is 0 Å². The van der Waals surface area contributed by atoms with Crippen molar-refractivity contribution in [3.8, 4) is 0 Å². The van der Waals surface area contributed by atoms with Crippen LogP contribution in [0.1, 0.15) is 5.56 Å². The Morgan fingerprint density at radius 3 is 2.68 bits per heavy atom. The monoisotopic (exact) mass is 329 g/mol. The largest absolute Gasteiger partial charge is 0.337 e. The molecule has 8 heteroatoms. The molecule has 0 spiro atoms. The molecule has 0 aliphatic carbocycles. The summed E-state index contributed by atoms with van der Waals surface area (Å²) in [6.45, 7) is 1.49. The standard InChI is InChI=1S/C11H10BrF2N5/c1-5-2-8(14)9(3-7(5)13)17-10-6(12)4-16-11(18-10)19-15/h2-4H,15H2,1H3,(H2,16,17,18,19). The highest BCUT2D eigenvalue weighted by atomic mass is 79.9. The maximum Gasteiger partial charge on any atom is 0.239 e. The number of aromatic nitrogens is 2. The Kier molecular flexibility index (Phi) is 3.91. The molecule has 0 radical (unpaired) electrons. The molecule has 1 heterocycles. The smallest absolute Gasteiger partial charge is 0.239 e. The van der Waals surface area contributed by atoms with E-state index in [1.807, 2.05) is 0 Å². The first-order valence-electron chi connectivity index (χ1n) is 5.23. The number of nitrogens with one attached hydrogen (secondary N) is 2. The van der Waals surface area contributed by atoms with Crippen LogP contribution in [-0.2, 0) is 0 Å². The molecule has 0 bridgehead atoms. The van der Waals surface area contributed by atoms with E-state index in [1.165, 1.54) is 13.1 Å². The molecule has 0 aliphatic rings. The van der Waals surface area contributed by atoms with E-state index in [-0.39, 0.29) is 23.0 Å². The van der Waals surface area contributed by atoms with Crippen LogP contribution in [0.15, 0.2) is 22.8 Å². The quantitative estimate of drug-likeness (QED) is 0.596. The fourth-order valence-electron chi connectivity index (χ4n) is 1.39. The number of anilines is 3. The lowest BCUT2D eigenvalue weighted by atomic mass is 10.2. The van der Waals surface area contributed by atoms with Crippen LogP contribution >= 0.6 is 15.9 Å². The highest BCUT2D eigenvalue weighted by Gasteiger charge is 2.11. The van der Waals surface area contributed by atoms with Gasteiger partial charge in [-0.15, -0.1) is 0 Å². The third-order valence-corrected chi connectivity index (χ3v) is 2.95. The maximum atomic E-state index is 13.7. The molecule has 0 unspecified atom stereocenters. The van der Waals surface area contributed by atoms with Gasteiger partial charge in [0.2, 0.25) is 5.95 Å². The Morgan fingerprint density at radius 2 is 2.00 bits per heavy atom. The Morgan fingerprint density at radius 1 is 1.26 bits per heavy atom. The molecule has 0 atom stereocenters. The molecule has 5 nitrogen and oxygen atoms in total. The molecular weight excluding hydrogens is 320 g/mol. The van der Waals surface area contributed by atoms with E-state index in [1.54, 1.807) is 0 Å². The highest BCUT2D eigenvalue weighted by Crippen LogP contribution is 2.27. The fraction of sp³-hybridized carbons (Fsp3) is 0.0909. The van der Waals surface area contributed by atoms with E-state index in [0.717, 1.165) is 12.1 Å². The van der Waals surface area contributed by atoms with Gasteiger partial charge < -0.3 is 5.32 Å². The Balaban J connectivity index is 2.38. The first kappa shape index (κ1) is 13.6. The molecule has 19 heavy (non-hydrogen) atoms. The van der Waals surface area contributed by atoms with Gasteiger partial charge in [-0.2, -0.15) is 4.98 Å². The number of benzene rings is 1. The minimum Gasteiger partial charge on any atom is -0.337 e. The van der Waals surface area contributed by atoms with Crippen LogP contribution in [0.2, 0.25) is 0 Å². The van der Waals surface area contributed by atoms with Crippen molar-refractivity contribution in [1.82, 2.24) is 9.97 Å². The van der Waals surface area contributed by atoms with Crippen LogP contribution in [0.25, 0.3) is 0 Å². The predicted octanol–water partition coefficient (Wildman–Crippen LogP) is 2.85. The molecule has 0 amide bonds. The summed E-state index contributed by atoms with van der Waals surface area (Å²) < 4.78 is 27.6. The summed E-state index contributed by atoms with van der Waals surface area (Å²) >= 11 is 3.20. The van der Waals surface area contributed by atoms with Crippen LogP contribution in [0, 0.1) is 18.6 Å². The van der Waals surface area contributed by atoms with Gasteiger partial charge in [0.25, 0.3) is 0 Å².